The molecule has 1 amide bonds. The van der Waals surface area contributed by atoms with Crippen molar-refractivity contribution in [3.8, 4) is 11.1 Å². The maximum absolute atomic E-state index is 13.0. The Kier molecular flexibility index (Phi) is 4.77. The van der Waals surface area contributed by atoms with Gasteiger partial charge in [-0.25, -0.2) is 0 Å². The number of hydrogen-bond acceptors (Lipinski definition) is 3. The number of aromatic nitrogens is 1. The smallest absolute Gasteiger partial charge is 0.254 e. The number of nitrogens with zero attached hydrogens (tertiary/aromatic N) is 1. The molecule has 1 fully saturated rings. The number of pyridine rings is 1. The largest absolute Gasteiger partial charge is 0.372 e. The number of H-pyrrole nitrogens is 1. The van der Waals surface area contributed by atoms with Crippen LogP contribution in [0.4, 0.5) is 0 Å². The number of aryl methyl sites for hydroxylation is 1. The first kappa shape index (κ1) is 18.4. The van der Waals surface area contributed by atoms with Crippen molar-refractivity contribution >= 4 is 16.8 Å². The van der Waals surface area contributed by atoms with Gasteiger partial charge in [0.2, 0.25) is 5.56 Å². The molecule has 4 rings (SSSR count). The molecule has 5 heteroatoms. The van der Waals surface area contributed by atoms with Gasteiger partial charge in [0.25, 0.3) is 5.91 Å². The number of hydrogen-bond donors (Lipinski definition) is 1. The summed E-state index contributed by atoms with van der Waals surface area (Å²) in [5.41, 5.74) is 4.33. The van der Waals surface area contributed by atoms with Crippen molar-refractivity contribution in [2.75, 3.05) is 13.1 Å². The van der Waals surface area contributed by atoms with E-state index in [9.17, 15) is 9.59 Å². The van der Waals surface area contributed by atoms with Crippen molar-refractivity contribution < 1.29 is 9.53 Å². The van der Waals surface area contributed by atoms with Crippen LogP contribution in [0.1, 0.15) is 29.8 Å². The molecule has 28 heavy (non-hydrogen) atoms. The third kappa shape index (κ3) is 3.58. The number of ether oxygens (including phenoxy) is 1. The van der Waals surface area contributed by atoms with Gasteiger partial charge in [0.1, 0.15) is 0 Å². The Labute approximate surface area is 163 Å². The van der Waals surface area contributed by atoms with E-state index >= 15 is 0 Å². The maximum atomic E-state index is 13.0. The van der Waals surface area contributed by atoms with Crippen molar-refractivity contribution in [2.24, 2.45) is 0 Å². The van der Waals surface area contributed by atoms with Crippen LogP contribution in [0.25, 0.3) is 22.0 Å². The molecule has 1 aliphatic heterocycles. The zero-order valence-corrected chi connectivity index (χ0v) is 16.4. The number of amides is 1. The fraction of sp³-hybridized carbons (Fsp3) is 0.304. The van der Waals surface area contributed by atoms with Crippen LogP contribution in [0.2, 0.25) is 0 Å². The zero-order valence-electron chi connectivity index (χ0n) is 16.4. The first-order chi connectivity index (χ1) is 13.4. The summed E-state index contributed by atoms with van der Waals surface area (Å²) in [6.45, 7) is 7.14. The van der Waals surface area contributed by atoms with Crippen LogP contribution < -0.4 is 5.56 Å². The summed E-state index contributed by atoms with van der Waals surface area (Å²) in [6, 6.07) is 15.3. The van der Waals surface area contributed by atoms with Crippen LogP contribution >= 0.6 is 0 Å². The van der Waals surface area contributed by atoms with Crippen LogP contribution in [0.3, 0.4) is 0 Å². The number of rotatable bonds is 2. The maximum Gasteiger partial charge on any atom is 0.254 e. The second kappa shape index (κ2) is 7.24. The quantitative estimate of drug-likeness (QED) is 0.741. The molecule has 1 aromatic heterocycles. The Hall–Kier alpha value is -2.92. The van der Waals surface area contributed by atoms with Crippen molar-refractivity contribution in [3.63, 3.8) is 0 Å². The van der Waals surface area contributed by atoms with Gasteiger partial charge in [-0.3, -0.25) is 9.59 Å². The SMILES string of the molecule is Cc1cc(=O)[nH]c2ccc(-c3cccc(C(=O)N4C[C@@H](C)O[C@@H](C)C4)c3)cc12. The van der Waals surface area contributed by atoms with Crippen LogP contribution in [0.5, 0.6) is 0 Å². The number of benzene rings is 2. The first-order valence-corrected chi connectivity index (χ1v) is 9.59. The number of carbonyl (C=O) groups excluding carboxylic acids is 1. The van der Waals surface area contributed by atoms with Gasteiger partial charge in [0.05, 0.1) is 12.2 Å². The van der Waals surface area contributed by atoms with Gasteiger partial charge in [0, 0.05) is 35.6 Å². The molecule has 0 saturated carbocycles. The van der Waals surface area contributed by atoms with E-state index in [-0.39, 0.29) is 23.7 Å². The van der Waals surface area contributed by atoms with Crippen LogP contribution in [-0.4, -0.2) is 41.1 Å². The van der Waals surface area contributed by atoms with Crippen molar-refractivity contribution in [2.45, 2.75) is 33.0 Å². The van der Waals surface area contributed by atoms with E-state index in [1.165, 1.54) is 0 Å². The average molecular weight is 376 g/mol. The molecular weight excluding hydrogens is 352 g/mol. The van der Waals surface area contributed by atoms with Crippen molar-refractivity contribution in [3.05, 3.63) is 70.0 Å². The Bertz CT molecular complexity index is 1090. The minimum absolute atomic E-state index is 0.0325. The van der Waals surface area contributed by atoms with Gasteiger partial charge in [0.15, 0.2) is 0 Å². The monoisotopic (exact) mass is 376 g/mol. The lowest BCUT2D eigenvalue weighted by Gasteiger charge is -2.35. The highest BCUT2D eigenvalue weighted by molar-refractivity contribution is 5.96. The van der Waals surface area contributed by atoms with Crippen LogP contribution in [0.15, 0.2) is 53.3 Å². The molecule has 1 N–H and O–H groups in total. The van der Waals surface area contributed by atoms with E-state index in [4.69, 9.17) is 4.74 Å². The topological polar surface area (TPSA) is 62.4 Å². The molecular formula is C23H24N2O3. The Morgan fingerprint density at radius 3 is 2.50 bits per heavy atom. The molecule has 0 unspecified atom stereocenters. The number of carbonyl (C=O) groups is 1. The van der Waals surface area contributed by atoms with Crippen LogP contribution in [0, 0.1) is 6.92 Å². The van der Waals surface area contributed by atoms with E-state index in [2.05, 4.69) is 11.1 Å². The number of fused-ring (bicyclic) bond motifs is 1. The van der Waals surface area contributed by atoms with Gasteiger partial charge in [-0.05, 0) is 61.7 Å². The lowest BCUT2D eigenvalue weighted by Crippen LogP contribution is -2.48. The average Bonchev–Trinajstić information content (AvgIpc) is 2.66. The molecule has 2 heterocycles. The number of nitrogens with one attached hydrogen (secondary N) is 1. The molecule has 3 aromatic rings. The van der Waals surface area contributed by atoms with E-state index in [0.717, 1.165) is 27.6 Å². The summed E-state index contributed by atoms with van der Waals surface area (Å²) in [7, 11) is 0. The third-order valence-corrected chi connectivity index (χ3v) is 5.20. The van der Waals surface area contributed by atoms with Crippen molar-refractivity contribution in [1.29, 1.82) is 0 Å². The van der Waals surface area contributed by atoms with E-state index in [1.54, 1.807) is 6.07 Å². The van der Waals surface area contributed by atoms with Crippen LogP contribution in [-0.2, 0) is 4.74 Å². The second-order valence-electron chi connectivity index (χ2n) is 7.63. The Morgan fingerprint density at radius 1 is 1.04 bits per heavy atom. The lowest BCUT2D eigenvalue weighted by molar-refractivity contribution is -0.0586. The van der Waals surface area contributed by atoms with E-state index in [1.807, 2.05) is 62.1 Å². The summed E-state index contributed by atoms with van der Waals surface area (Å²) >= 11 is 0. The molecule has 0 spiro atoms. The van der Waals surface area contributed by atoms with Gasteiger partial charge in [-0.2, -0.15) is 0 Å². The predicted molar refractivity (Wildman–Crippen MR) is 111 cm³/mol. The third-order valence-electron chi connectivity index (χ3n) is 5.20. The van der Waals surface area contributed by atoms with Gasteiger partial charge in [-0.1, -0.05) is 18.2 Å². The lowest BCUT2D eigenvalue weighted by atomic mass is 9.99. The predicted octanol–water partition coefficient (Wildman–Crippen LogP) is 3.75. The highest BCUT2D eigenvalue weighted by atomic mass is 16.5. The molecule has 2 aromatic carbocycles. The molecule has 2 atom stereocenters. The minimum atomic E-state index is -0.0979. The number of morpholine rings is 1. The molecule has 5 nitrogen and oxygen atoms in total. The van der Waals surface area contributed by atoms with Gasteiger partial charge in [-0.15, -0.1) is 0 Å². The molecule has 1 saturated heterocycles. The Balaban J connectivity index is 1.68. The highest BCUT2D eigenvalue weighted by Crippen LogP contribution is 2.26. The number of aromatic amines is 1. The summed E-state index contributed by atoms with van der Waals surface area (Å²) in [4.78, 5) is 29.4. The fourth-order valence-corrected chi connectivity index (χ4v) is 3.96. The van der Waals surface area contributed by atoms with E-state index < -0.39 is 0 Å². The molecule has 0 aliphatic carbocycles. The molecule has 1 aliphatic rings. The zero-order chi connectivity index (χ0) is 19.8. The summed E-state index contributed by atoms with van der Waals surface area (Å²) in [6.07, 6.45) is 0.0861. The summed E-state index contributed by atoms with van der Waals surface area (Å²) in [5, 5.41) is 1.00. The molecule has 144 valence electrons. The Morgan fingerprint density at radius 2 is 1.75 bits per heavy atom. The highest BCUT2D eigenvalue weighted by Gasteiger charge is 2.26. The summed E-state index contributed by atoms with van der Waals surface area (Å²) < 4.78 is 5.74. The first-order valence-electron chi connectivity index (χ1n) is 9.59. The fourth-order valence-electron chi connectivity index (χ4n) is 3.96. The summed E-state index contributed by atoms with van der Waals surface area (Å²) in [5.74, 6) is 0.0325. The normalized spacial score (nSPS) is 19.8. The van der Waals surface area contributed by atoms with Gasteiger partial charge >= 0.3 is 0 Å². The van der Waals surface area contributed by atoms with Crippen molar-refractivity contribution in [1.82, 2.24) is 9.88 Å². The van der Waals surface area contributed by atoms with E-state index in [0.29, 0.717) is 18.7 Å². The second-order valence-corrected chi connectivity index (χ2v) is 7.63. The van der Waals surface area contributed by atoms with Gasteiger partial charge < -0.3 is 14.6 Å². The molecule has 0 bridgehead atoms. The standard InChI is InChI=1S/C23H24N2O3/c1-14-9-22(26)24-21-8-7-18(11-20(14)21)17-5-4-6-19(10-17)23(27)25-12-15(2)28-16(3)13-25/h4-11,15-16H,12-13H2,1-3H3,(H,24,26)/t15-,16+. The molecule has 0 radical (unpaired) electrons. The minimum Gasteiger partial charge on any atom is -0.372 e.